The Balaban J connectivity index is 2.60. The van der Waals surface area contributed by atoms with Gasteiger partial charge in [-0.2, -0.15) is 0 Å². The summed E-state index contributed by atoms with van der Waals surface area (Å²) in [6.07, 6.45) is 2.26. The molecule has 0 aromatic carbocycles. The minimum atomic E-state index is -1.19. The zero-order valence-corrected chi connectivity index (χ0v) is 11.5. The van der Waals surface area contributed by atoms with Crippen LogP contribution in [0.3, 0.4) is 0 Å². The van der Waals surface area contributed by atoms with Crippen LogP contribution in [0.2, 0.25) is 0 Å². The number of thioether (sulfide) groups is 1. The number of nitrogens with zero attached hydrogens (tertiary/aromatic N) is 1. The molecule has 102 valence electrons. The van der Waals surface area contributed by atoms with Crippen molar-refractivity contribution >= 4 is 28.8 Å². The number of hydrogen-bond acceptors (Lipinski definition) is 5. The van der Waals surface area contributed by atoms with Crippen molar-refractivity contribution in [3.63, 3.8) is 0 Å². The smallest absolute Gasteiger partial charge is 0.224 e. The number of carboxylic acids is 1. The van der Waals surface area contributed by atoms with Crippen LogP contribution in [0.25, 0.3) is 0 Å². The molecule has 5 nitrogen and oxygen atoms in total. The molecule has 1 amide bonds. The van der Waals surface area contributed by atoms with E-state index in [2.05, 4.69) is 0 Å². The fourth-order valence-electron chi connectivity index (χ4n) is 2.25. The Labute approximate surface area is 111 Å². The number of carboxylic acid groups (broad SMARTS) is 1. The van der Waals surface area contributed by atoms with Crippen LogP contribution in [0.15, 0.2) is 0 Å². The maximum atomic E-state index is 12.0. The van der Waals surface area contributed by atoms with Crippen LogP contribution >= 0.6 is 11.8 Å². The Kier molecular flexibility index (Phi) is 5.65. The van der Waals surface area contributed by atoms with Crippen LogP contribution in [0, 0.1) is 0 Å². The van der Waals surface area contributed by atoms with E-state index in [1.807, 2.05) is 6.92 Å². The summed E-state index contributed by atoms with van der Waals surface area (Å²) in [5.74, 6) is -0.990. The minimum Gasteiger partial charge on any atom is -0.548 e. The number of carbonyl (C=O) groups is 3. The molecule has 0 aromatic rings. The van der Waals surface area contributed by atoms with Gasteiger partial charge in [0.25, 0.3) is 0 Å². The molecule has 0 aliphatic carbocycles. The second kappa shape index (κ2) is 6.78. The minimum absolute atomic E-state index is 0.0362. The molecule has 2 atom stereocenters. The number of carbonyl (C=O) groups excluding carboxylic acids is 3. The Bertz CT molecular complexity index is 345. The number of piperidine rings is 1. The standard InChI is InChI=1S/C12H19NO4S/c1-8-4-3-5-10(12(16)17)13(8)11(15)6-7-18-9(2)14/h8,10H,3-7H2,1-2H3,(H,16,17)/p-1/t8-,10-/m0/s1. The lowest BCUT2D eigenvalue weighted by Gasteiger charge is -2.41. The van der Waals surface area contributed by atoms with Crippen LogP contribution in [0.1, 0.15) is 39.5 Å². The predicted octanol–water partition coefficient (Wildman–Crippen LogP) is 0.176. The number of likely N-dealkylation sites (tertiary alicyclic amines) is 1. The van der Waals surface area contributed by atoms with Gasteiger partial charge in [-0.05, 0) is 26.2 Å². The summed E-state index contributed by atoms with van der Waals surface area (Å²) in [6, 6.07) is -0.889. The van der Waals surface area contributed by atoms with Crippen molar-refractivity contribution in [1.29, 1.82) is 0 Å². The van der Waals surface area contributed by atoms with E-state index in [1.54, 1.807) is 0 Å². The Morgan fingerprint density at radius 1 is 1.33 bits per heavy atom. The summed E-state index contributed by atoms with van der Waals surface area (Å²) in [4.78, 5) is 35.2. The van der Waals surface area contributed by atoms with Gasteiger partial charge in [-0.25, -0.2) is 0 Å². The van der Waals surface area contributed by atoms with Crippen LogP contribution in [0.4, 0.5) is 0 Å². The quantitative estimate of drug-likeness (QED) is 0.729. The second-order valence-corrected chi connectivity index (χ2v) is 5.78. The fourth-order valence-corrected chi connectivity index (χ4v) is 2.82. The molecule has 1 heterocycles. The first-order chi connectivity index (χ1) is 8.43. The first-order valence-corrected chi connectivity index (χ1v) is 7.07. The SMILES string of the molecule is CC(=O)SCCC(=O)N1[C@@H](C)CCC[C@H]1C(=O)[O-]. The van der Waals surface area contributed by atoms with Gasteiger partial charge in [0.05, 0.1) is 12.0 Å². The second-order valence-electron chi connectivity index (χ2n) is 4.51. The number of rotatable bonds is 4. The summed E-state index contributed by atoms with van der Waals surface area (Å²) in [6.45, 7) is 3.30. The topological polar surface area (TPSA) is 77.5 Å². The van der Waals surface area contributed by atoms with Gasteiger partial charge in [-0.3, -0.25) is 9.59 Å². The van der Waals surface area contributed by atoms with Crippen molar-refractivity contribution in [2.24, 2.45) is 0 Å². The molecule has 1 rings (SSSR count). The van der Waals surface area contributed by atoms with E-state index < -0.39 is 12.0 Å². The molecule has 0 bridgehead atoms. The highest BCUT2D eigenvalue weighted by atomic mass is 32.2. The van der Waals surface area contributed by atoms with Gasteiger partial charge in [-0.15, -0.1) is 0 Å². The van der Waals surface area contributed by atoms with Crippen molar-refractivity contribution < 1.29 is 19.5 Å². The number of aliphatic carboxylic acids is 1. The van der Waals surface area contributed by atoms with Crippen molar-refractivity contribution in [3.05, 3.63) is 0 Å². The van der Waals surface area contributed by atoms with Gasteiger partial charge in [0.15, 0.2) is 5.12 Å². The van der Waals surface area contributed by atoms with Crippen LogP contribution in [-0.2, 0) is 14.4 Å². The van der Waals surface area contributed by atoms with E-state index in [0.29, 0.717) is 12.2 Å². The van der Waals surface area contributed by atoms with Crippen molar-refractivity contribution in [1.82, 2.24) is 4.90 Å². The summed E-state index contributed by atoms with van der Waals surface area (Å²) in [7, 11) is 0. The van der Waals surface area contributed by atoms with Gasteiger partial charge >= 0.3 is 0 Å². The third-order valence-electron chi connectivity index (χ3n) is 3.09. The molecule has 1 aliphatic heterocycles. The summed E-state index contributed by atoms with van der Waals surface area (Å²) in [5, 5.41) is 11.0. The zero-order valence-electron chi connectivity index (χ0n) is 10.7. The van der Waals surface area contributed by atoms with Gasteiger partial charge in [0.1, 0.15) is 0 Å². The van der Waals surface area contributed by atoms with E-state index in [0.717, 1.165) is 24.6 Å². The van der Waals surface area contributed by atoms with Crippen LogP contribution in [-0.4, -0.2) is 39.7 Å². The van der Waals surface area contributed by atoms with E-state index in [9.17, 15) is 19.5 Å². The Morgan fingerprint density at radius 3 is 2.56 bits per heavy atom. The van der Waals surface area contributed by atoms with Gasteiger partial charge in [0, 0.05) is 25.1 Å². The summed E-state index contributed by atoms with van der Waals surface area (Å²) in [5.41, 5.74) is 0. The van der Waals surface area contributed by atoms with E-state index in [1.165, 1.54) is 11.8 Å². The summed E-state index contributed by atoms with van der Waals surface area (Å²) >= 11 is 1.08. The average Bonchev–Trinajstić information content (AvgIpc) is 2.27. The lowest BCUT2D eigenvalue weighted by atomic mass is 9.96. The Morgan fingerprint density at radius 2 is 2.00 bits per heavy atom. The molecule has 1 fully saturated rings. The van der Waals surface area contributed by atoms with Gasteiger partial charge in [-0.1, -0.05) is 11.8 Å². The molecular weight excluding hydrogens is 254 g/mol. The third-order valence-corrected chi connectivity index (χ3v) is 3.91. The predicted molar refractivity (Wildman–Crippen MR) is 66.7 cm³/mol. The normalized spacial score (nSPS) is 23.8. The third kappa shape index (κ3) is 4.01. The lowest BCUT2D eigenvalue weighted by molar-refractivity contribution is -0.312. The monoisotopic (exact) mass is 272 g/mol. The fraction of sp³-hybridized carbons (Fsp3) is 0.750. The molecule has 0 spiro atoms. The van der Waals surface area contributed by atoms with E-state index in [-0.39, 0.29) is 23.5 Å². The Hall–Kier alpha value is -1.04. The molecule has 18 heavy (non-hydrogen) atoms. The van der Waals surface area contributed by atoms with E-state index >= 15 is 0 Å². The molecule has 0 unspecified atom stereocenters. The average molecular weight is 272 g/mol. The molecule has 0 aromatic heterocycles. The highest BCUT2D eigenvalue weighted by Crippen LogP contribution is 2.23. The van der Waals surface area contributed by atoms with Crippen molar-refractivity contribution in [2.75, 3.05) is 5.75 Å². The molecular formula is C12H18NO4S-. The largest absolute Gasteiger partial charge is 0.548 e. The molecule has 6 heteroatoms. The highest BCUT2D eigenvalue weighted by molar-refractivity contribution is 8.13. The lowest BCUT2D eigenvalue weighted by Crippen LogP contribution is -2.56. The van der Waals surface area contributed by atoms with Crippen molar-refractivity contribution in [3.8, 4) is 0 Å². The molecule has 1 saturated heterocycles. The molecule has 1 aliphatic rings. The highest BCUT2D eigenvalue weighted by Gasteiger charge is 2.31. The summed E-state index contributed by atoms with van der Waals surface area (Å²) < 4.78 is 0. The molecule has 0 radical (unpaired) electrons. The number of hydrogen-bond donors (Lipinski definition) is 0. The van der Waals surface area contributed by atoms with E-state index in [4.69, 9.17) is 0 Å². The zero-order chi connectivity index (χ0) is 13.7. The van der Waals surface area contributed by atoms with Gasteiger partial charge < -0.3 is 14.8 Å². The van der Waals surface area contributed by atoms with Crippen molar-refractivity contribution in [2.45, 2.75) is 51.6 Å². The number of amides is 1. The first kappa shape index (κ1) is 15.0. The maximum Gasteiger partial charge on any atom is 0.224 e. The van der Waals surface area contributed by atoms with Crippen LogP contribution in [0.5, 0.6) is 0 Å². The molecule has 0 N–H and O–H groups in total. The maximum absolute atomic E-state index is 12.0. The van der Waals surface area contributed by atoms with Gasteiger partial charge in [0.2, 0.25) is 5.91 Å². The first-order valence-electron chi connectivity index (χ1n) is 6.09. The van der Waals surface area contributed by atoms with Crippen LogP contribution < -0.4 is 5.11 Å². The molecule has 0 saturated carbocycles.